The van der Waals surface area contributed by atoms with Gasteiger partial charge < -0.3 is 9.64 Å². The Morgan fingerprint density at radius 1 is 0.976 bits per heavy atom. The standard InChI is InChI=1S/C16H17NO2.C15H23N3.C3H6.C2H6/c1-13-7-8-16(11-15(13)9-10-17-18)19-12-14-5-3-2-4-6-14;1-4-17-12-13-18(3)15(16-2)11-10-14-8-6-5-7-9-14;1-3-2;1-2/h2-11,17-18H,12H2,1H3;4-9H,10-13H2,1-3H3;3H,1H2,2H3;1-2H3/b10-9+;;;. The first-order chi connectivity index (χ1) is 20.5. The second-order valence-corrected chi connectivity index (χ2v) is 8.87. The molecule has 0 saturated heterocycles. The van der Waals surface area contributed by atoms with E-state index in [1.165, 1.54) is 11.8 Å². The number of benzene rings is 3. The predicted molar refractivity (Wildman–Crippen MR) is 183 cm³/mol. The topological polar surface area (TPSA) is 69.5 Å². The zero-order valence-electron chi connectivity index (χ0n) is 26.8. The van der Waals surface area contributed by atoms with E-state index in [9.17, 15) is 0 Å². The number of nitrogens with zero attached hydrogens (tertiary/aromatic N) is 3. The number of hydroxylamine groups is 1. The van der Waals surface area contributed by atoms with Crippen LogP contribution in [0.2, 0.25) is 0 Å². The number of amidine groups is 1. The average Bonchev–Trinajstić information content (AvgIpc) is 3.03. The van der Waals surface area contributed by atoms with E-state index in [2.05, 4.69) is 52.8 Å². The van der Waals surface area contributed by atoms with Crippen molar-refractivity contribution in [3.8, 4) is 5.75 Å². The molecular formula is C36H52N4O2. The van der Waals surface area contributed by atoms with Gasteiger partial charge in [-0.3, -0.25) is 20.7 Å². The fraction of sp³-hybridized carbons (Fsp3) is 0.333. The van der Waals surface area contributed by atoms with E-state index in [0.29, 0.717) is 6.61 Å². The minimum Gasteiger partial charge on any atom is -0.489 e. The Labute approximate surface area is 255 Å². The van der Waals surface area contributed by atoms with Gasteiger partial charge in [0.1, 0.15) is 12.4 Å². The lowest BCUT2D eigenvalue weighted by molar-refractivity contribution is 0.215. The third kappa shape index (κ3) is 17.5. The molecular weight excluding hydrogens is 520 g/mol. The van der Waals surface area contributed by atoms with Gasteiger partial charge in [0.05, 0.1) is 12.4 Å². The number of allylic oxidation sites excluding steroid dienone is 1. The lowest BCUT2D eigenvalue weighted by Gasteiger charge is -2.20. The highest BCUT2D eigenvalue weighted by atomic mass is 16.5. The number of hydrogen-bond acceptors (Lipinski definition) is 5. The van der Waals surface area contributed by atoms with Gasteiger partial charge in [-0.25, -0.2) is 0 Å². The molecule has 0 unspecified atom stereocenters. The highest BCUT2D eigenvalue weighted by Crippen LogP contribution is 2.19. The van der Waals surface area contributed by atoms with Gasteiger partial charge in [-0.15, -0.1) is 6.58 Å². The summed E-state index contributed by atoms with van der Waals surface area (Å²) < 4.78 is 5.75. The normalized spacial score (nSPS) is 10.4. The number of rotatable bonds is 11. The highest BCUT2D eigenvalue weighted by molar-refractivity contribution is 5.82. The number of nitrogens with one attached hydrogen (secondary N) is 1. The Kier molecular flexibility index (Phi) is 23.2. The summed E-state index contributed by atoms with van der Waals surface area (Å²) in [6, 6.07) is 26.5. The quantitative estimate of drug-likeness (QED) is 0.105. The second-order valence-electron chi connectivity index (χ2n) is 8.87. The molecule has 6 nitrogen and oxygen atoms in total. The first kappa shape index (κ1) is 37.8. The Morgan fingerprint density at radius 2 is 1.57 bits per heavy atom. The van der Waals surface area contributed by atoms with Crippen LogP contribution in [-0.2, 0) is 13.0 Å². The highest BCUT2D eigenvalue weighted by Gasteiger charge is 2.05. The smallest absolute Gasteiger partial charge is 0.120 e. The molecule has 0 aromatic heterocycles. The van der Waals surface area contributed by atoms with Crippen molar-refractivity contribution in [3.63, 3.8) is 0 Å². The molecule has 3 rings (SSSR count). The summed E-state index contributed by atoms with van der Waals surface area (Å²) >= 11 is 0. The van der Waals surface area contributed by atoms with Crippen molar-refractivity contribution < 1.29 is 9.94 Å². The zero-order valence-corrected chi connectivity index (χ0v) is 26.8. The maximum Gasteiger partial charge on any atom is 0.120 e. The Hall–Kier alpha value is -4.16. The van der Waals surface area contributed by atoms with Crippen LogP contribution in [-0.4, -0.2) is 49.3 Å². The number of likely N-dealkylation sites (N-methyl/N-ethyl adjacent to an activating group) is 1. The molecule has 0 atom stereocenters. The average molecular weight is 573 g/mol. The van der Waals surface area contributed by atoms with Gasteiger partial charge in [-0.2, -0.15) is 0 Å². The van der Waals surface area contributed by atoms with Crippen LogP contribution in [0.15, 0.2) is 108 Å². The molecule has 6 heteroatoms. The van der Waals surface area contributed by atoms with Crippen molar-refractivity contribution in [2.75, 3.05) is 27.2 Å². The van der Waals surface area contributed by atoms with Gasteiger partial charge in [0, 0.05) is 33.3 Å². The molecule has 0 spiro atoms. The van der Waals surface area contributed by atoms with Crippen molar-refractivity contribution in [1.82, 2.24) is 10.4 Å². The summed E-state index contributed by atoms with van der Waals surface area (Å²) in [5.41, 5.74) is 6.63. The lowest BCUT2D eigenvalue weighted by Crippen LogP contribution is -2.29. The first-order valence-electron chi connectivity index (χ1n) is 14.5. The number of aliphatic imine (C=N–C) groups is 2. The van der Waals surface area contributed by atoms with Gasteiger partial charge in [-0.1, -0.05) is 86.7 Å². The van der Waals surface area contributed by atoms with Crippen LogP contribution < -0.4 is 10.2 Å². The summed E-state index contributed by atoms with van der Waals surface area (Å²) in [6.07, 6.45) is 8.89. The summed E-state index contributed by atoms with van der Waals surface area (Å²) in [6.45, 7) is 15.5. The van der Waals surface area contributed by atoms with Crippen molar-refractivity contribution in [2.24, 2.45) is 9.98 Å². The maximum atomic E-state index is 8.57. The number of ether oxygens (including phenoxy) is 1. The van der Waals surface area contributed by atoms with Crippen LogP contribution >= 0.6 is 0 Å². The van der Waals surface area contributed by atoms with Crippen LogP contribution in [0.4, 0.5) is 0 Å². The second kappa shape index (κ2) is 25.8. The molecule has 0 heterocycles. The third-order valence-electron chi connectivity index (χ3n) is 5.76. The minimum atomic E-state index is 0.547. The van der Waals surface area contributed by atoms with Gasteiger partial charge >= 0.3 is 0 Å². The fourth-order valence-electron chi connectivity index (χ4n) is 3.60. The van der Waals surface area contributed by atoms with Crippen LogP contribution in [0, 0.1) is 6.92 Å². The zero-order chi connectivity index (χ0) is 31.4. The molecule has 0 aliphatic rings. The molecule has 228 valence electrons. The molecule has 0 radical (unpaired) electrons. The van der Waals surface area contributed by atoms with Crippen LogP contribution in [0.5, 0.6) is 5.75 Å². The first-order valence-corrected chi connectivity index (χ1v) is 14.5. The van der Waals surface area contributed by atoms with Crippen molar-refractivity contribution in [2.45, 2.75) is 54.1 Å². The molecule has 3 aromatic rings. The molecule has 0 aliphatic carbocycles. The lowest BCUT2D eigenvalue weighted by atomic mass is 10.1. The monoisotopic (exact) mass is 572 g/mol. The van der Waals surface area contributed by atoms with Crippen LogP contribution in [0.25, 0.3) is 6.08 Å². The van der Waals surface area contributed by atoms with E-state index in [1.807, 2.05) is 108 Å². The van der Waals surface area contributed by atoms with Crippen LogP contribution in [0.3, 0.4) is 0 Å². The van der Waals surface area contributed by atoms with Crippen molar-refractivity contribution in [3.05, 3.63) is 120 Å². The SMILES string of the molecule is C=CC.CC.CC=NCCN(C)C(CCc1ccccc1)=NC.Cc1ccc(OCc2ccccc2)cc1/C=C/NO. The molecule has 42 heavy (non-hydrogen) atoms. The number of hydrogen-bond donors (Lipinski definition) is 2. The van der Waals surface area contributed by atoms with E-state index < -0.39 is 0 Å². The Balaban J connectivity index is 0.000000695. The summed E-state index contributed by atoms with van der Waals surface area (Å²) in [4.78, 5) is 10.8. The van der Waals surface area contributed by atoms with Gasteiger partial charge in [0.2, 0.25) is 0 Å². The van der Waals surface area contributed by atoms with E-state index in [1.54, 1.807) is 12.2 Å². The Bertz CT molecular complexity index is 1160. The predicted octanol–water partition coefficient (Wildman–Crippen LogP) is 8.41. The van der Waals surface area contributed by atoms with Gasteiger partial charge in [0.25, 0.3) is 0 Å². The minimum absolute atomic E-state index is 0.547. The fourth-order valence-corrected chi connectivity index (χ4v) is 3.60. The molecule has 0 aliphatic heterocycles. The molecule has 0 fully saturated rings. The van der Waals surface area contributed by atoms with Crippen LogP contribution in [0.1, 0.15) is 56.4 Å². The van der Waals surface area contributed by atoms with Gasteiger partial charge in [-0.05, 0) is 73.9 Å². The number of aryl methyl sites for hydroxylation is 2. The molecule has 3 aromatic carbocycles. The van der Waals surface area contributed by atoms with Gasteiger partial charge in [0.15, 0.2) is 0 Å². The van der Waals surface area contributed by atoms with E-state index in [0.717, 1.165) is 54.2 Å². The maximum absolute atomic E-state index is 8.57. The van der Waals surface area contributed by atoms with Crippen molar-refractivity contribution in [1.29, 1.82) is 0 Å². The van der Waals surface area contributed by atoms with Crippen molar-refractivity contribution >= 4 is 18.1 Å². The summed E-state index contributed by atoms with van der Waals surface area (Å²) in [5.74, 6) is 1.96. The Morgan fingerprint density at radius 3 is 2.12 bits per heavy atom. The van der Waals surface area contributed by atoms with E-state index in [-0.39, 0.29) is 0 Å². The molecule has 0 bridgehead atoms. The van der Waals surface area contributed by atoms with E-state index >= 15 is 0 Å². The molecule has 2 N–H and O–H groups in total. The molecule has 0 amide bonds. The third-order valence-corrected chi connectivity index (χ3v) is 5.76. The van der Waals surface area contributed by atoms with E-state index in [4.69, 9.17) is 9.94 Å². The summed E-state index contributed by atoms with van der Waals surface area (Å²) in [7, 11) is 3.94. The largest absolute Gasteiger partial charge is 0.489 e. The summed E-state index contributed by atoms with van der Waals surface area (Å²) in [5, 5.41) is 8.57. The molecule has 0 saturated carbocycles.